The van der Waals surface area contributed by atoms with Crippen LogP contribution in [0.25, 0.3) is 0 Å². The minimum absolute atomic E-state index is 0.0518. The van der Waals surface area contributed by atoms with E-state index < -0.39 is 0 Å². The fourth-order valence-electron chi connectivity index (χ4n) is 1.77. The van der Waals surface area contributed by atoms with E-state index in [0.29, 0.717) is 5.92 Å². The Bertz CT molecular complexity index is 452. The summed E-state index contributed by atoms with van der Waals surface area (Å²) >= 11 is 6.14. The lowest BCUT2D eigenvalue weighted by Crippen LogP contribution is -2.19. The Labute approximate surface area is 121 Å². The summed E-state index contributed by atoms with van der Waals surface area (Å²) in [6, 6.07) is 3.85. The van der Waals surface area contributed by atoms with E-state index in [2.05, 4.69) is 13.8 Å². The molecule has 0 fully saturated rings. The van der Waals surface area contributed by atoms with Gasteiger partial charge in [-0.3, -0.25) is 4.79 Å². The van der Waals surface area contributed by atoms with E-state index in [9.17, 15) is 4.79 Å². The van der Waals surface area contributed by atoms with Crippen molar-refractivity contribution in [1.82, 2.24) is 0 Å². The zero-order chi connectivity index (χ0) is 14.6. The first kappa shape index (κ1) is 16.0. The maximum absolute atomic E-state index is 11.8. The number of carbonyl (C=O) groups is 1. The Morgan fingerprint density at radius 1 is 1.32 bits per heavy atom. The number of benzene rings is 1. The predicted octanol–water partition coefficient (Wildman–Crippen LogP) is 4.77. The summed E-state index contributed by atoms with van der Waals surface area (Å²) in [5.74, 6) is 1.28. The molecule has 1 aromatic carbocycles. The zero-order valence-electron chi connectivity index (χ0n) is 12.4. The Morgan fingerprint density at radius 3 is 2.47 bits per heavy atom. The van der Waals surface area contributed by atoms with Crippen molar-refractivity contribution in [3.05, 3.63) is 28.3 Å². The lowest BCUT2D eigenvalue weighted by atomic mass is 10.0. The molecule has 2 nitrogen and oxygen atoms in total. The van der Waals surface area contributed by atoms with Crippen LogP contribution in [0.5, 0.6) is 5.75 Å². The number of hydrogen-bond acceptors (Lipinski definition) is 2. The van der Waals surface area contributed by atoms with Gasteiger partial charge < -0.3 is 4.74 Å². The molecule has 0 radical (unpaired) electrons. The monoisotopic (exact) mass is 282 g/mol. The molecule has 0 spiro atoms. The Balaban J connectivity index is 2.88. The normalized spacial score (nSPS) is 12.6. The summed E-state index contributed by atoms with van der Waals surface area (Å²) in [6.45, 7) is 10.2. The molecular weight excluding hydrogens is 260 g/mol. The maximum Gasteiger partial charge on any atom is 0.172 e. The molecule has 0 amide bonds. The van der Waals surface area contributed by atoms with Crippen LogP contribution in [0.3, 0.4) is 0 Å². The summed E-state index contributed by atoms with van der Waals surface area (Å²) in [7, 11) is 0. The summed E-state index contributed by atoms with van der Waals surface area (Å²) in [5, 5.41) is 0.740. The number of ether oxygens (including phenoxy) is 1. The van der Waals surface area contributed by atoms with Crippen molar-refractivity contribution in [2.45, 2.75) is 47.0 Å². The molecule has 0 aliphatic carbocycles. The van der Waals surface area contributed by atoms with E-state index in [0.717, 1.165) is 28.3 Å². The average Bonchev–Trinajstić information content (AvgIpc) is 2.37. The molecule has 0 aliphatic rings. The number of rotatable bonds is 6. The van der Waals surface area contributed by atoms with Crippen LogP contribution in [-0.2, 0) is 4.79 Å². The highest BCUT2D eigenvalue weighted by molar-refractivity contribution is 6.31. The van der Waals surface area contributed by atoms with Gasteiger partial charge in [-0.25, -0.2) is 0 Å². The fourth-order valence-corrected chi connectivity index (χ4v) is 1.94. The van der Waals surface area contributed by atoms with E-state index >= 15 is 0 Å². The molecule has 106 valence electrons. The van der Waals surface area contributed by atoms with Crippen LogP contribution in [0.1, 0.15) is 51.2 Å². The molecule has 0 bridgehead atoms. The summed E-state index contributed by atoms with van der Waals surface area (Å²) in [4.78, 5) is 11.8. The van der Waals surface area contributed by atoms with Gasteiger partial charge >= 0.3 is 0 Å². The van der Waals surface area contributed by atoms with Crippen LogP contribution in [0, 0.1) is 12.8 Å². The first-order valence-electron chi connectivity index (χ1n) is 6.82. The highest BCUT2D eigenvalue weighted by Crippen LogP contribution is 2.32. The van der Waals surface area contributed by atoms with Crippen molar-refractivity contribution in [1.29, 1.82) is 0 Å². The van der Waals surface area contributed by atoms with Gasteiger partial charge in [-0.1, -0.05) is 39.3 Å². The summed E-state index contributed by atoms with van der Waals surface area (Å²) in [6.07, 6.45) is 0.846. The van der Waals surface area contributed by atoms with Gasteiger partial charge in [0, 0.05) is 10.9 Å². The second kappa shape index (κ2) is 6.95. The van der Waals surface area contributed by atoms with Crippen molar-refractivity contribution in [2.24, 2.45) is 5.92 Å². The van der Waals surface area contributed by atoms with Gasteiger partial charge in [-0.05, 0) is 42.5 Å². The van der Waals surface area contributed by atoms with Crippen LogP contribution in [-0.4, -0.2) is 12.4 Å². The molecule has 0 saturated heterocycles. The second-order valence-corrected chi connectivity index (χ2v) is 5.77. The molecule has 0 aliphatic heterocycles. The topological polar surface area (TPSA) is 26.3 Å². The Hall–Kier alpha value is -1.02. The Morgan fingerprint density at radius 2 is 1.95 bits per heavy atom. The molecule has 1 unspecified atom stereocenters. The van der Waals surface area contributed by atoms with Gasteiger partial charge in [-0.15, -0.1) is 0 Å². The van der Waals surface area contributed by atoms with Crippen LogP contribution >= 0.6 is 11.6 Å². The van der Waals surface area contributed by atoms with Gasteiger partial charge in [0.15, 0.2) is 5.78 Å². The van der Waals surface area contributed by atoms with Gasteiger partial charge in [0.1, 0.15) is 12.4 Å². The van der Waals surface area contributed by atoms with Crippen molar-refractivity contribution in [2.75, 3.05) is 6.61 Å². The lowest BCUT2D eigenvalue weighted by molar-refractivity contribution is -0.124. The molecule has 0 N–H and O–H groups in total. The van der Waals surface area contributed by atoms with Crippen LogP contribution < -0.4 is 4.74 Å². The van der Waals surface area contributed by atoms with Gasteiger partial charge in [0.25, 0.3) is 0 Å². The first-order valence-corrected chi connectivity index (χ1v) is 7.20. The molecule has 3 heteroatoms. The largest absolute Gasteiger partial charge is 0.486 e. The van der Waals surface area contributed by atoms with Crippen LogP contribution in [0.2, 0.25) is 5.02 Å². The first-order chi connectivity index (χ1) is 8.86. The summed E-state index contributed by atoms with van der Waals surface area (Å²) < 4.78 is 5.71. The molecule has 0 saturated carbocycles. The molecule has 1 atom stereocenters. The van der Waals surface area contributed by atoms with E-state index in [1.54, 1.807) is 0 Å². The fraction of sp³-hybridized carbons (Fsp3) is 0.562. The minimum atomic E-state index is 0.0518. The minimum Gasteiger partial charge on any atom is -0.486 e. The number of hydrogen-bond donors (Lipinski definition) is 0. The average molecular weight is 283 g/mol. The van der Waals surface area contributed by atoms with E-state index in [1.807, 2.05) is 32.9 Å². The third kappa shape index (κ3) is 4.24. The number of halogens is 1. The third-order valence-electron chi connectivity index (χ3n) is 3.45. The molecule has 1 aromatic rings. The number of aryl methyl sites for hydroxylation is 1. The molecule has 1 rings (SSSR count). The highest BCUT2D eigenvalue weighted by atomic mass is 35.5. The second-order valence-electron chi connectivity index (χ2n) is 5.36. The number of carbonyl (C=O) groups excluding carboxylic acids is 1. The third-order valence-corrected chi connectivity index (χ3v) is 3.85. The van der Waals surface area contributed by atoms with E-state index in [-0.39, 0.29) is 18.3 Å². The van der Waals surface area contributed by atoms with Crippen molar-refractivity contribution in [3.63, 3.8) is 0 Å². The quantitative estimate of drug-likeness (QED) is 0.751. The van der Waals surface area contributed by atoms with Crippen molar-refractivity contribution < 1.29 is 9.53 Å². The molecule has 0 heterocycles. The molecule has 19 heavy (non-hydrogen) atoms. The summed E-state index contributed by atoms with van der Waals surface area (Å²) in [5.41, 5.74) is 2.02. The van der Waals surface area contributed by atoms with Gasteiger partial charge in [0.05, 0.1) is 0 Å². The van der Waals surface area contributed by atoms with E-state index in [4.69, 9.17) is 16.3 Å². The van der Waals surface area contributed by atoms with Crippen LogP contribution in [0.15, 0.2) is 12.1 Å². The Kier molecular flexibility index (Phi) is 5.86. The number of Topliss-reactive ketones (excluding diaryl/α,β-unsaturated/α-hetero) is 1. The van der Waals surface area contributed by atoms with Gasteiger partial charge in [0.2, 0.25) is 0 Å². The standard InChI is InChI=1S/C16H23ClO2/c1-6-11(4)15(18)9-19-16-7-12(5)14(17)8-13(16)10(2)3/h7-8,10-11H,6,9H2,1-5H3. The predicted molar refractivity (Wildman–Crippen MR) is 80.2 cm³/mol. The highest BCUT2D eigenvalue weighted by Gasteiger charge is 2.15. The SMILES string of the molecule is CCC(C)C(=O)COc1cc(C)c(Cl)cc1C(C)C. The van der Waals surface area contributed by atoms with E-state index in [1.165, 1.54) is 0 Å². The molecular formula is C16H23ClO2. The van der Waals surface area contributed by atoms with Crippen molar-refractivity contribution >= 4 is 17.4 Å². The van der Waals surface area contributed by atoms with Crippen molar-refractivity contribution in [3.8, 4) is 5.75 Å². The molecule has 0 aromatic heterocycles. The maximum atomic E-state index is 11.8. The van der Waals surface area contributed by atoms with Crippen LogP contribution in [0.4, 0.5) is 0 Å². The number of ketones is 1. The smallest absolute Gasteiger partial charge is 0.172 e. The van der Waals surface area contributed by atoms with Gasteiger partial charge in [-0.2, -0.15) is 0 Å². The lowest BCUT2D eigenvalue weighted by Gasteiger charge is -2.16. The zero-order valence-corrected chi connectivity index (χ0v) is 13.2.